The van der Waals surface area contributed by atoms with Gasteiger partial charge in [0.1, 0.15) is 17.2 Å². The summed E-state index contributed by atoms with van der Waals surface area (Å²) in [5, 5.41) is 3.44. The molecular formula is C27H23F4N7OS. The summed E-state index contributed by atoms with van der Waals surface area (Å²) in [6, 6.07) is 7.62. The van der Waals surface area contributed by atoms with Gasteiger partial charge in [0.2, 0.25) is 0 Å². The Hall–Kier alpha value is -4.13. The largest absolute Gasteiger partial charge is 0.504 e. The molecule has 1 atom stereocenters. The second-order valence-corrected chi connectivity index (χ2v) is 11.8. The smallest absolute Gasteiger partial charge is 0.382 e. The van der Waals surface area contributed by atoms with Gasteiger partial charge >= 0.3 is 6.30 Å². The Kier molecular flexibility index (Phi) is 5.84. The molecule has 3 aromatic heterocycles. The number of nitrogens with two attached hydrogens (primary N) is 1. The zero-order chi connectivity index (χ0) is 28.6. The minimum absolute atomic E-state index is 0.0313. The number of hydrogen-bond donors (Lipinski definition) is 1. The van der Waals surface area contributed by atoms with E-state index in [0.717, 1.165) is 17.3 Å². The molecule has 0 saturated carbocycles. The SMILES string of the molecule is CN(C(=O)c1cc2c(cc1F)nc(N)c1cncn12)[C@@H]1CSC(C)(C)c2cc(-c3cnn(C(F)(F)F)c3)ccc21. The molecule has 40 heavy (non-hydrogen) atoms. The predicted molar refractivity (Wildman–Crippen MR) is 144 cm³/mol. The van der Waals surface area contributed by atoms with Gasteiger partial charge < -0.3 is 10.6 Å². The molecule has 1 aliphatic rings. The molecule has 2 aromatic carbocycles. The van der Waals surface area contributed by atoms with Crippen LogP contribution in [0.25, 0.3) is 27.7 Å². The molecule has 2 N–H and O–H groups in total. The van der Waals surface area contributed by atoms with E-state index in [4.69, 9.17) is 5.73 Å². The van der Waals surface area contributed by atoms with Crippen molar-refractivity contribution in [2.45, 2.75) is 30.9 Å². The van der Waals surface area contributed by atoms with Crippen molar-refractivity contribution in [3.63, 3.8) is 0 Å². The van der Waals surface area contributed by atoms with Crippen LogP contribution < -0.4 is 5.73 Å². The van der Waals surface area contributed by atoms with E-state index in [1.807, 2.05) is 26.0 Å². The molecule has 8 nitrogen and oxygen atoms in total. The molecule has 0 radical (unpaired) electrons. The fourth-order valence-electron chi connectivity index (χ4n) is 5.13. The van der Waals surface area contributed by atoms with Crippen molar-refractivity contribution in [3.8, 4) is 11.1 Å². The van der Waals surface area contributed by atoms with Crippen molar-refractivity contribution in [2.24, 2.45) is 0 Å². The van der Waals surface area contributed by atoms with Crippen LogP contribution in [-0.2, 0) is 11.0 Å². The Bertz CT molecular complexity index is 1810. The van der Waals surface area contributed by atoms with Crippen molar-refractivity contribution in [3.05, 3.63) is 77.8 Å². The first-order valence-electron chi connectivity index (χ1n) is 12.2. The van der Waals surface area contributed by atoms with Gasteiger partial charge in [0.05, 0.1) is 41.4 Å². The van der Waals surface area contributed by atoms with Crippen LogP contribution in [0.4, 0.5) is 23.4 Å². The molecule has 5 aromatic rings. The fraction of sp³-hybridized carbons (Fsp3) is 0.259. The Morgan fingerprint density at radius 1 is 1.15 bits per heavy atom. The van der Waals surface area contributed by atoms with E-state index in [-0.39, 0.29) is 20.8 Å². The molecule has 13 heteroatoms. The lowest BCUT2D eigenvalue weighted by molar-refractivity contribution is -0.212. The third kappa shape index (κ3) is 4.15. The molecule has 4 heterocycles. The van der Waals surface area contributed by atoms with Gasteiger partial charge in [0.25, 0.3) is 5.91 Å². The first-order chi connectivity index (χ1) is 18.8. The van der Waals surface area contributed by atoms with E-state index in [1.165, 1.54) is 29.6 Å². The third-order valence-corrected chi connectivity index (χ3v) is 8.75. The van der Waals surface area contributed by atoms with E-state index >= 15 is 4.39 Å². The zero-order valence-corrected chi connectivity index (χ0v) is 22.4. The highest BCUT2D eigenvalue weighted by Crippen LogP contribution is 2.48. The first-order valence-corrected chi connectivity index (χ1v) is 13.2. The number of imidazole rings is 1. The summed E-state index contributed by atoms with van der Waals surface area (Å²) in [7, 11) is 1.62. The van der Waals surface area contributed by atoms with Crippen LogP contribution in [0, 0.1) is 5.82 Å². The Morgan fingerprint density at radius 3 is 2.65 bits per heavy atom. The number of anilines is 1. The maximum Gasteiger partial charge on any atom is 0.504 e. The molecule has 206 valence electrons. The number of benzene rings is 2. The summed E-state index contributed by atoms with van der Waals surface area (Å²) < 4.78 is 55.7. The number of carbonyl (C=O) groups is 1. The highest BCUT2D eigenvalue weighted by Gasteiger charge is 2.38. The van der Waals surface area contributed by atoms with Crippen LogP contribution in [0.2, 0.25) is 0 Å². The number of thioether (sulfide) groups is 1. The number of amides is 1. The lowest BCUT2D eigenvalue weighted by Crippen LogP contribution is -2.37. The summed E-state index contributed by atoms with van der Waals surface area (Å²) in [6.45, 7) is 4.05. The molecular weight excluding hydrogens is 546 g/mol. The number of aromatic nitrogens is 5. The van der Waals surface area contributed by atoms with Crippen LogP contribution in [0.1, 0.15) is 41.4 Å². The van der Waals surface area contributed by atoms with Gasteiger partial charge in [-0.25, -0.2) is 14.4 Å². The standard InChI is InChI=1S/C27H23F4N7OS/c1-26(2)18-6-14(15-9-34-38(11-15)27(29,30)31)4-5-16(18)23(12-40-26)36(3)25(39)17-7-21-20(8-19(17)28)35-24(32)22-10-33-13-37(21)22/h4-11,13,23H,12H2,1-3H3,(H2,32,35)/t23-/m1/s1. The van der Waals surface area contributed by atoms with Crippen molar-refractivity contribution in [1.29, 1.82) is 0 Å². The second kappa shape index (κ2) is 8.95. The molecule has 6 rings (SSSR count). The summed E-state index contributed by atoms with van der Waals surface area (Å²) >= 11 is 1.61. The Balaban J connectivity index is 1.38. The first kappa shape index (κ1) is 26.1. The molecule has 0 unspecified atom stereocenters. The highest BCUT2D eigenvalue weighted by molar-refractivity contribution is 8.00. The van der Waals surface area contributed by atoms with Gasteiger partial charge in [-0.1, -0.05) is 12.1 Å². The van der Waals surface area contributed by atoms with Crippen molar-refractivity contribution < 1.29 is 22.4 Å². The monoisotopic (exact) mass is 569 g/mol. The van der Waals surface area contributed by atoms with Crippen LogP contribution in [-0.4, -0.2) is 47.8 Å². The van der Waals surface area contributed by atoms with E-state index in [1.54, 1.807) is 35.5 Å². The number of hydrogen-bond acceptors (Lipinski definition) is 6. The molecule has 1 amide bonds. The van der Waals surface area contributed by atoms with E-state index in [9.17, 15) is 18.0 Å². The summed E-state index contributed by atoms with van der Waals surface area (Å²) in [5.74, 6) is -0.496. The Morgan fingerprint density at radius 2 is 1.93 bits per heavy atom. The zero-order valence-electron chi connectivity index (χ0n) is 21.6. The van der Waals surface area contributed by atoms with Gasteiger partial charge in [-0.2, -0.15) is 9.78 Å². The number of carbonyl (C=O) groups excluding carboxylic acids is 1. The molecule has 0 aliphatic carbocycles. The van der Waals surface area contributed by atoms with Crippen LogP contribution >= 0.6 is 11.8 Å². The summed E-state index contributed by atoms with van der Waals surface area (Å²) in [4.78, 5) is 23.5. The quantitative estimate of drug-likeness (QED) is 0.279. The molecule has 1 aliphatic heterocycles. The average Bonchev–Trinajstić information content (AvgIpc) is 3.59. The lowest BCUT2D eigenvalue weighted by atomic mass is 9.88. The maximum atomic E-state index is 15.3. The molecule has 0 fully saturated rings. The normalized spacial score (nSPS) is 16.8. The van der Waals surface area contributed by atoms with E-state index < -0.39 is 24.1 Å². The highest BCUT2D eigenvalue weighted by atomic mass is 32.2. The molecule has 0 saturated heterocycles. The predicted octanol–water partition coefficient (Wildman–Crippen LogP) is 5.74. The van der Waals surface area contributed by atoms with Gasteiger partial charge in [-0.15, -0.1) is 24.9 Å². The van der Waals surface area contributed by atoms with Crippen LogP contribution in [0.3, 0.4) is 0 Å². The number of halogens is 4. The van der Waals surface area contributed by atoms with Gasteiger partial charge in [0, 0.05) is 35.4 Å². The summed E-state index contributed by atoms with van der Waals surface area (Å²) in [5.41, 5.74) is 9.80. The van der Waals surface area contributed by atoms with Gasteiger partial charge in [-0.3, -0.25) is 9.20 Å². The van der Waals surface area contributed by atoms with Crippen molar-refractivity contribution in [1.82, 2.24) is 29.0 Å². The third-order valence-electron chi connectivity index (χ3n) is 7.32. The van der Waals surface area contributed by atoms with Crippen LogP contribution in [0.5, 0.6) is 0 Å². The minimum atomic E-state index is -4.61. The number of rotatable bonds is 3. The number of fused-ring (bicyclic) bond motifs is 4. The maximum absolute atomic E-state index is 15.3. The van der Waals surface area contributed by atoms with Crippen molar-refractivity contribution in [2.75, 3.05) is 18.5 Å². The molecule has 0 spiro atoms. The van der Waals surface area contributed by atoms with Crippen molar-refractivity contribution >= 4 is 40.0 Å². The van der Waals surface area contributed by atoms with Gasteiger partial charge in [0.15, 0.2) is 0 Å². The Labute approximate surface area is 229 Å². The average molecular weight is 570 g/mol. The minimum Gasteiger partial charge on any atom is -0.382 e. The fourth-order valence-corrected chi connectivity index (χ4v) is 6.44. The number of nitrogens with zero attached hydrogens (tertiary/aromatic N) is 6. The summed E-state index contributed by atoms with van der Waals surface area (Å²) in [6.07, 6.45) is 0.574. The second-order valence-electron chi connectivity index (χ2n) is 10.2. The molecule has 0 bridgehead atoms. The van der Waals surface area contributed by atoms with Crippen LogP contribution in [0.15, 0.2) is 55.2 Å². The number of alkyl halides is 3. The van der Waals surface area contributed by atoms with Gasteiger partial charge in [-0.05, 0) is 42.7 Å². The van der Waals surface area contributed by atoms with E-state index in [2.05, 4.69) is 15.1 Å². The van der Waals surface area contributed by atoms with E-state index in [0.29, 0.717) is 33.4 Å². The number of nitrogen functional groups attached to an aromatic ring is 1. The topological polar surface area (TPSA) is 94.3 Å². The lowest BCUT2D eigenvalue weighted by Gasteiger charge is -2.40.